The first-order valence-electron chi connectivity index (χ1n) is 9.13. The number of nitrogens with one attached hydrogen (secondary N) is 1. The highest BCUT2D eigenvalue weighted by atomic mass is 35.5. The molecule has 1 heterocycles. The highest BCUT2D eigenvalue weighted by molar-refractivity contribution is 7.89. The second kappa shape index (κ2) is 8.94. The summed E-state index contributed by atoms with van der Waals surface area (Å²) in [4.78, 5) is 24.5. The number of carboxylic acids is 1. The van der Waals surface area contributed by atoms with Gasteiger partial charge < -0.3 is 10.4 Å². The van der Waals surface area contributed by atoms with Gasteiger partial charge in [0.25, 0.3) is 0 Å². The molecule has 9 heteroatoms. The van der Waals surface area contributed by atoms with Gasteiger partial charge in [-0.05, 0) is 42.7 Å². The molecule has 29 heavy (non-hydrogen) atoms. The van der Waals surface area contributed by atoms with E-state index in [0.717, 1.165) is 9.87 Å². The molecule has 2 atom stereocenters. The van der Waals surface area contributed by atoms with E-state index in [1.807, 2.05) is 6.07 Å². The van der Waals surface area contributed by atoms with Gasteiger partial charge in [-0.2, -0.15) is 4.31 Å². The zero-order chi connectivity index (χ0) is 21.0. The predicted molar refractivity (Wildman–Crippen MR) is 108 cm³/mol. The Balaban J connectivity index is 1.76. The van der Waals surface area contributed by atoms with Gasteiger partial charge in [0.1, 0.15) is 12.1 Å². The van der Waals surface area contributed by atoms with Gasteiger partial charge in [0.15, 0.2) is 0 Å². The molecule has 0 spiro atoms. The van der Waals surface area contributed by atoms with E-state index in [1.54, 1.807) is 24.3 Å². The summed E-state index contributed by atoms with van der Waals surface area (Å²) < 4.78 is 27.0. The number of amides is 1. The van der Waals surface area contributed by atoms with Crippen molar-refractivity contribution in [2.75, 3.05) is 6.54 Å². The molecule has 2 N–H and O–H groups in total. The molecular formula is C20H21ClN2O5S. The summed E-state index contributed by atoms with van der Waals surface area (Å²) in [5, 5.41) is 12.4. The zero-order valence-electron chi connectivity index (χ0n) is 15.5. The molecule has 0 aliphatic carbocycles. The summed E-state index contributed by atoms with van der Waals surface area (Å²) in [6.45, 7) is 0.194. The Bertz CT molecular complexity index is 980. The monoisotopic (exact) mass is 436 g/mol. The van der Waals surface area contributed by atoms with E-state index in [4.69, 9.17) is 11.6 Å². The SMILES string of the molecule is O=C(O)C(Cc1ccccc1)NC(=O)[C@@H]1CCCN1S(=O)(=O)c1ccc(Cl)cc1. The smallest absolute Gasteiger partial charge is 0.326 e. The van der Waals surface area contributed by atoms with Crippen LogP contribution in [0.2, 0.25) is 5.02 Å². The minimum Gasteiger partial charge on any atom is -0.480 e. The Morgan fingerprint density at radius 2 is 1.79 bits per heavy atom. The number of aliphatic carboxylic acids is 1. The molecule has 0 saturated carbocycles. The minimum atomic E-state index is -3.90. The molecule has 2 aromatic carbocycles. The maximum atomic E-state index is 13.0. The van der Waals surface area contributed by atoms with E-state index in [2.05, 4.69) is 5.32 Å². The van der Waals surface area contributed by atoms with Crippen LogP contribution >= 0.6 is 11.6 Å². The third kappa shape index (κ3) is 4.95. The molecule has 0 bridgehead atoms. The maximum Gasteiger partial charge on any atom is 0.326 e. The van der Waals surface area contributed by atoms with Crippen molar-refractivity contribution < 1.29 is 23.1 Å². The maximum absolute atomic E-state index is 13.0. The first-order valence-corrected chi connectivity index (χ1v) is 11.0. The first-order chi connectivity index (χ1) is 13.8. The van der Waals surface area contributed by atoms with Gasteiger partial charge in [-0.15, -0.1) is 0 Å². The molecule has 0 aromatic heterocycles. The largest absolute Gasteiger partial charge is 0.480 e. The standard InChI is InChI=1S/C20H21ClN2O5S/c21-15-8-10-16(11-9-15)29(27,28)23-12-4-7-18(23)19(24)22-17(20(25)26)13-14-5-2-1-3-6-14/h1-3,5-6,8-11,17-18H,4,7,12-13H2,(H,22,24)(H,25,26)/t17?,18-/m0/s1. The van der Waals surface area contributed by atoms with Gasteiger partial charge in [0.05, 0.1) is 4.90 Å². The van der Waals surface area contributed by atoms with Gasteiger partial charge in [0, 0.05) is 18.0 Å². The second-order valence-electron chi connectivity index (χ2n) is 6.82. The fraction of sp³-hybridized carbons (Fsp3) is 0.300. The summed E-state index contributed by atoms with van der Waals surface area (Å²) in [5.74, 6) is -1.78. The molecular weight excluding hydrogens is 416 g/mol. The van der Waals surface area contributed by atoms with Crippen molar-refractivity contribution in [3.63, 3.8) is 0 Å². The summed E-state index contributed by atoms with van der Waals surface area (Å²) >= 11 is 5.83. The number of benzene rings is 2. The molecule has 1 aliphatic heterocycles. The molecule has 1 saturated heterocycles. The molecule has 1 amide bonds. The average molecular weight is 437 g/mol. The van der Waals surface area contributed by atoms with Crippen molar-refractivity contribution in [2.24, 2.45) is 0 Å². The van der Waals surface area contributed by atoms with E-state index in [1.165, 1.54) is 24.3 Å². The first kappa shape index (κ1) is 21.3. The zero-order valence-corrected chi connectivity index (χ0v) is 17.1. The summed E-state index contributed by atoms with van der Waals surface area (Å²) in [7, 11) is -3.90. The highest BCUT2D eigenvalue weighted by Gasteiger charge is 2.40. The van der Waals surface area contributed by atoms with Gasteiger partial charge in [-0.3, -0.25) is 4.79 Å². The number of carboxylic acid groups (broad SMARTS) is 1. The van der Waals surface area contributed by atoms with Crippen LogP contribution in [0.25, 0.3) is 0 Å². The lowest BCUT2D eigenvalue weighted by Crippen LogP contribution is -2.51. The number of hydrogen-bond acceptors (Lipinski definition) is 4. The van der Waals surface area contributed by atoms with Crippen molar-refractivity contribution in [3.8, 4) is 0 Å². The number of rotatable bonds is 7. The predicted octanol–water partition coefficient (Wildman–Crippen LogP) is 2.31. The Kier molecular flexibility index (Phi) is 6.56. The van der Waals surface area contributed by atoms with E-state index in [9.17, 15) is 23.1 Å². The Hall–Kier alpha value is -2.42. The normalized spacial score (nSPS) is 18.3. The molecule has 3 rings (SSSR count). The van der Waals surface area contributed by atoms with Crippen LogP contribution in [0.15, 0.2) is 59.5 Å². The van der Waals surface area contributed by atoms with Gasteiger partial charge in [-0.1, -0.05) is 41.9 Å². The van der Waals surface area contributed by atoms with E-state index < -0.39 is 34.0 Å². The quantitative estimate of drug-likeness (QED) is 0.693. The lowest BCUT2D eigenvalue weighted by molar-refractivity contribution is -0.142. The van der Waals surface area contributed by atoms with Crippen LogP contribution in [0.1, 0.15) is 18.4 Å². The van der Waals surface area contributed by atoms with Crippen molar-refractivity contribution in [3.05, 3.63) is 65.2 Å². The molecule has 2 aromatic rings. The Labute approximate surface area is 174 Å². The van der Waals surface area contributed by atoms with E-state index in [0.29, 0.717) is 17.9 Å². The van der Waals surface area contributed by atoms with Gasteiger partial charge >= 0.3 is 5.97 Å². The molecule has 1 aliphatic rings. The minimum absolute atomic E-state index is 0.0423. The van der Waals surface area contributed by atoms with Crippen LogP contribution in [0.3, 0.4) is 0 Å². The third-order valence-corrected chi connectivity index (χ3v) is 7.00. The molecule has 154 valence electrons. The lowest BCUT2D eigenvalue weighted by Gasteiger charge is -2.25. The Morgan fingerprint density at radius 1 is 1.14 bits per heavy atom. The summed E-state index contributed by atoms with van der Waals surface area (Å²) in [5.41, 5.74) is 0.761. The van der Waals surface area contributed by atoms with E-state index >= 15 is 0 Å². The van der Waals surface area contributed by atoms with Crippen molar-refractivity contribution in [1.82, 2.24) is 9.62 Å². The third-order valence-electron chi connectivity index (χ3n) is 4.82. The number of carbonyl (C=O) groups is 2. The van der Waals surface area contributed by atoms with Gasteiger partial charge in [0.2, 0.25) is 15.9 Å². The van der Waals surface area contributed by atoms with Crippen LogP contribution in [0, 0.1) is 0 Å². The van der Waals surface area contributed by atoms with Crippen molar-refractivity contribution in [1.29, 1.82) is 0 Å². The summed E-state index contributed by atoms with van der Waals surface area (Å²) in [6.07, 6.45) is 0.955. The van der Waals surface area contributed by atoms with Crippen LogP contribution in [-0.2, 0) is 26.0 Å². The number of nitrogens with zero attached hydrogens (tertiary/aromatic N) is 1. The van der Waals surface area contributed by atoms with Crippen molar-refractivity contribution in [2.45, 2.75) is 36.2 Å². The molecule has 1 fully saturated rings. The Morgan fingerprint density at radius 3 is 2.41 bits per heavy atom. The number of hydrogen-bond donors (Lipinski definition) is 2. The summed E-state index contributed by atoms with van der Waals surface area (Å²) in [6, 6.07) is 12.6. The lowest BCUT2D eigenvalue weighted by atomic mass is 10.1. The second-order valence-corrected chi connectivity index (χ2v) is 9.14. The molecule has 0 radical (unpaired) electrons. The van der Waals surface area contributed by atoms with Crippen LogP contribution < -0.4 is 5.32 Å². The van der Waals surface area contributed by atoms with Gasteiger partial charge in [-0.25, -0.2) is 13.2 Å². The molecule has 7 nitrogen and oxygen atoms in total. The van der Waals surface area contributed by atoms with Crippen LogP contribution in [0.5, 0.6) is 0 Å². The number of sulfonamides is 1. The average Bonchev–Trinajstić information content (AvgIpc) is 3.19. The number of halogens is 1. The number of carbonyl (C=O) groups excluding carboxylic acids is 1. The van der Waals surface area contributed by atoms with E-state index in [-0.39, 0.29) is 17.9 Å². The topological polar surface area (TPSA) is 104 Å². The fourth-order valence-electron chi connectivity index (χ4n) is 3.35. The fourth-order valence-corrected chi connectivity index (χ4v) is 5.13. The molecule has 1 unspecified atom stereocenters. The highest BCUT2D eigenvalue weighted by Crippen LogP contribution is 2.27. The van der Waals surface area contributed by atoms with Crippen LogP contribution in [-0.4, -0.2) is 48.3 Å². The van der Waals surface area contributed by atoms with Crippen molar-refractivity contribution >= 4 is 33.5 Å². The van der Waals surface area contributed by atoms with Crippen LogP contribution in [0.4, 0.5) is 0 Å².